The number of hydrogen-bond donors (Lipinski definition) is 2. The largest absolute Gasteiger partial charge is 0.354 e. The van der Waals surface area contributed by atoms with Crippen molar-refractivity contribution in [2.75, 3.05) is 25.1 Å². The molecule has 0 aromatic heterocycles. The molecular weight excluding hydrogens is 463 g/mol. The first-order chi connectivity index (χ1) is 12.0. The van der Waals surface area contributed by atoms with Crippen LogP contribution in [0.1, 0.15) is 51.4 Å². The summed E-state index contributed by atoms with van der Waals surface area (Å²) in [6.07, 6.45) is 9.58. The lowest BCUT2D eigenvalue weighted by Crippen LogP contribution is -2.56. The second-order valence-corrected chi connectivity index (χ2v) is 10.8. The molecule has 0 aromatic rings. The van der Waals surface area contributed by atoms with Crippen LogP contribution in [0.4, 0.5) is 0 Å². The predicted molar refractivity (Wildman–Crippen MR) is 116 cm³/mol. The summed E-state index contributed by atoms with van der Waals surface area (Å²) in [5, 5.41) is 7.22. The highest BCUT2D eigenvalue weighted by atomic mass is 127. The maximum absolute atomic E-state index is 11.6. The fraction of sp³-hybridized carbons (Fsp3) is 0.944. The zero-order valence-corrected chi connectivity index (χ0v) is 18.8. The molecule has 0 radical (unpaired) electrons. The second kappa shape index (κ2) is 8.51. The molecule has 3 heterocycles. The van der Waals surface area contributed by atoms with E-state index in [1.807, 2.05) is 0 Å². The van der Waals surface area contributed by atoms with Crippen molar-refractivity contribution in [1.82, 2.24) is 15.5 Å². The van der Waals surface area contributed by atoms with Crippen molar-refractivity contribution in [3.05, 3.63) is 0 Å². The second-order valence-electron chi connectivity index (χ2n) is 8.59. The number of guanidine groups is 1. The maximum atomic E-state index is 11.6. The number of rotatable bonds is 4. The summed E-state index contributed by atoms with van der Waals surface area (Å²) < 4.78 is 23.3. The molecule has 4 rings (SSSR count). The van der Waals surface area contributed by atoms with Gasteiger partial charge in [0.25, 0.3) is 0 Å². The Bertz CT molecular complexity index is 609. The van der Waals surface area contributed by atoms with Gasteiger partial charge >= 0.3 is 0 Å². The molecule has 2 N–H and O–H groups in total. The van der Waals surface area contributed by atoms with Gasteiger partial charge in [0.05, 0.1) is 11.5 Å². The Balaban J connectivity index is 0.00000196. The van der Waals surface area contributed by atoms with Gasteiger partial charge in [-0.15, -0.1) is 24.0 Å². The van der Waals surface area contributed by atoms with Crippen LogP contribution in [0, 0.1) is 5.92 Å². The number of nitrogens with one attached hydrogen (secondary N) is 2. The van der Waals surface area contributed by atoms with E-state index in [0.29, 0.717) is 42.2 Å². The molecule has 8 heteroatoms. The van der Waals surface area contributed by atoms with E-state index >= 15 is 0 Å². The molecule has 6 nitrogen and oxygen atoms in total. The highest BCUT2D eigenvalue weighted by Gasteiger charge is 2.36. The highest BCUT2D eigenvalue weighted by molar-refractivity contribution is 14.0. The summed E-state index contributed by atoms with van der Waals surface area (Å²) in [5.41, 5.74) is 0. The monoisotopic (exact) mass is 496 g/mol. The van der Waals surface area contributed by atoms with Crippen molar-refractivity contribution in [3.63, 3.8) is 0 Å². The van der Waals surface area contributed by atoms with E-state index in [1.165, 1.54) is 44.9 Å². The minimum Gasteiger partial charge on any atom is -0.354 e. The Morgan fingerprint density at radius 2 is 1.69 bits per heavy atom. The van der Waals surface area contributed by atoms with Gasteiger partial charge in [0, 0.05) is 30.7 Å². The molecule has 0 spiro atoms. The molecular formula is C18H33IN4O2S. The molecule has 0 amide bonds. The predicted octanol–water partition coefficient (Wildman–Crippen LogP) is 1.75. The van der Waals surface area contributed by atoms with E-state index in [4.69, 9.17) is 4.99 Å². The molecule has 0 aromatic carbocycles. The number of sulfone groups is 1. The molecule has 26 heavy (non-hydrogen) atoms. The zero-order chi connectivity index (χ0) is 17.4. The quantitative estimate of drug-likeness (QED) is 0.353. The molecule has 4 aliphatic rings. The van der Waals surface area contributed by atoms with Crippen molar-refractivity contribution in [2.45, 2.75) is 75.5 Å². The average Bonchev–Trinajstić information content (AvgIpc) is 3.28. The van der Waals surface area contributed by atoms with E-state index in [2.05, 4.69) is 22.6 Å². The topological polar surface area (TPSA) is 73.8 Å². The summed E-state index contributed by atoms with van der Waals surface area (Å²) in [4.78, 5) is 7.35. The molecule has 1 aliphatic carbocycles. The molecule has 3 saturated heterocycles. The maximum Gasteiger partial charge on any atom is 0.191 e. The summed E-state index contributed by atoms with van der Waals surface area (Å²) in [7, 11) is -0.533. The lowest BCUT2D eigenvalue weighted by Gasteiger charge is -2.47. The molecule has 3 aliphatic heterocycles. The van der Waals surface area contributed by atoms with E-state index in [9.17, 15) is 8.42 Å². The number of fused-ring (bicyclic) bond motifs is 2. The highest BCUT2D eigenvalue weighted by Crippen LogP contribution is 2.32. The smallest absolute Gasteiger partial charge is 0.191 e. The Morgan fingerprint density at radius 3 is 2.27 bits per heavy atom. The van der Waals surface area contributed by atoms with Crippen molar-refractivity contribution >= 4 is 39.8 Å². The van der Waals surface area contributed by atoms with Gasteiger partial charge in [-0.05, 0) is 57.9 Å². The van der Waals surface area contributed by atoms with Crippen molar-refractivity contribution in [1.29, 1.82) is 0 Å². The molecule has 1 saturated carbocycles. The van der Waals surface area contributed by atoms with Crippen molar-refractivity contribution in [2.24, 2.45) is 10.9 Å². The SMILES string of the molecule is CN1C2CCCC1CC(NC(=NCC1CCS(=O)(=O)C1)NC1CC1)C2.I. The number of aliphatic imine (C=N–C) groups is 1. The third kappa shape index (κ3) is 5.25. The van der Waals surface area contributed by atoms with Crippen LogP contribution >= 0.6 is 24.0 Å². The first kappa shape index (κ1) is 20.6. The van der Waals surface area contributed by atoms with Crippen LogP contribution in [0.25, 0.3) is 0 Å². The van der Waals surface area contributed by atoms with Crippen LogP contribution in [-0.2, 0) is 9.84 Å². The third-order valence-electron chi connectivity index (χ3n) is 6.43. The molecule has 2 bridgehead atoms. The Hall–Kier alpha value is -0.0900. The zero-order valence-electron chi connectivity index (χ0n) is 15.7. The first-order valence-corrected chi connectivity index (χ1v) is 11.8. The first-order valence-electron chi connectivity index (χ1n) is 9.98. The summed E-state index contributed by atoms with van der Waals surface area (Å²) in [5.74, 6) is 1.76. The Labute approximate surface area is 174 Å². The normalized spacial score (nSPS) is 37.0. The number of nitrogens with zero attached hydrogens (tertiary/aromatic N) is 2. The van der Waals surface area contributed by atoms with Crippen LogP contribution < -0.4 is 10.6 Å². The van der Waals surface area contributed by atoms with E-state index in [0.717, 1.165) is 12.4 Å². The third-order valence-corrected chi connectivity index (χ3v) is 8.27. The fourth-order valence-electron chi connectivity index (χ4n) is 4.72. The lowest BCUT2D eigenvalue weighted by atomic mass is 9.82. The summed E-state index contributed by atoms with van der Waals surface area (Å²) in [6.45, 7) is 0.626. The Kier molecular flexibility index (Phi) is 6.75. The van der Waals surface area contributed by atoms with Gasteiger partial charge in [0.2, 0.25) is 0 Å². The van der Waals surface area contributed by atoms with Crippen molar-refractivity contribution < 1.29 is 8.42 Å². The van der Waals surface area contributed by atoms with Crippen molar-refractivity contribution in [3.8, 4) is 0 Å². The van der Waals surface area contributed by atoms with E-state index < -0.39 is 9.84 Å². The fourth-order valence-corrected chi connectivity index (χ4v) is 6.57. The van der Waals surface area contributed by atoms with Gasteiger partial charge in [0.15, 0.2) is 15.8 Å². The van der Waals surface area contributed by atoms with Crippen LogP contribution in [0.3, 0.4) is 0 Å². The van der Waals surface area contributed by atoms with Gasteiger partial charge in [0.1, 0.15) is 0 Å². The minimum atomic E-state index is -2.81. The minimum absolute atomic E-state index is 0. The van der Waals surface area contributed by atoms with Crippen LogP contribution in [0.15, 0.2) is 4.99 Å². The van der Waals surface area contributed by atoms with Gasteiger partial charge < -0.3 is 15.5 Å². The average molecular weight is 496 g/mol. The van der Waals surface area contributed by atoms with Crippen LogP contribution in [0.5, 0.6) is 0 Å². The molecule has 3 unspecified atom stereocenters. The number of halogens is 1. The lowest BCUT2D eigenvalue weighted by molar-refractivity contribution is 0.0526. The number of piperidine rings is 2. The number of hydrogen-bond acceptors (Lipinski definition) is 4. The molecule has 150 valence electrons. The van der Waals surface area contributed by atoms with E-state index in [1.54, 1.807) is 0 Å². The van der Waals surface area contributed by atoms with Gasteiger partial charge in [-0.1, -0.05) is 6.42 Å². The Morgan fingerprint density at radius 1 is 1.04 bits per heavy atom. The molecule has 3 atom stereocenters. The van der Waals surface area contributed by atoms with Crippen LogP contribution in [-0.4, -0.2) is 68.5 Å². The molecule has 4 fully saturated rings. The van der Waals surface area contributed by atoms with Gasteiger partial charge in [-0.3, -0.25) is 4.99 Å². The standard InChI is InChI=1S/C18H32N4O2S.HI/c1-22-16-3-2-4-17(22)10-15(9-16)21-18(20-14-5-6-14)19-11-13-7-8-25(23,24)12-13;/h13-17H,2-12H2,1H3,(H2,19,20,21);1H. The van der Waals surface area contributed by atoms with E-state index in [-0.39, 0.29) is 29.9 Å². The van der Waals surface area contributed by atoms with Gasteiger partial charge in [-0.25, -0.2) is 8.42 Å². The van der Waals surface area contributed by atoms with Crippen LogP contribution in [0.2, 0.25) is 0 Å². The van der Waals surface area contributed by atoms with Gasteiger partial charge in [-0.2, -0.15) is 0 Å². The summed E-state index contributed by atoms with van der Waals surface area (Å²) in [6, 6.07) is 2.45. The summed E-state index contributed by atoms with van der Waals surface area (Å²) >= 11 is 0.